The third-order valence-corrected chi connectivity index (χ3v) is 8.35. The van der Waals surface area contributed by atoms with Crippen LogP contribution in [-0.2, 0) is 5.41 Å². The van der Waals surface area contributed by atoms with E-state index in [9.17, 15) is 0 Å². The molecule has 0 amide bonds. The Labute approximate surface area is 213 Å². The van der Waals surface area contributed by atoms with Crippen LogP contribution in [0.15, 0.2) is 139 Å². The predicted molar refractivity (Wildman–Crippen MR) is 152 cm³/mol. The van der Waals surface area contributed by atoms with E-state index in [1.54, 1.807) is 0 Å². The molecule has 0 radical (unpaired) electrons. The van der Waals surface area contributed by atoms with Crippen LogP contribution >= 0.6 is 0 Å². The summed E-state index contributed by atoms with van der Waals surface area (Å²) in [7, 11) is 0. The molecular weight excluding hydrogens is 432 g/mol. The predicted octanol–water partition coefficient (Wildman–Crippen LogP) is 9.20. The Hall–Kier alpha value is -4.16. The number of allylic oxidation sites excluding steroid dienone is 4. The quantitative estimate of drug-likeness (QED) is 0.252. The molecule has 0 bridgehead atoms. The maximum absolute atomic E-state index is 2.39. The molecule has 0 spiro atoms. The normalized spacial score (nSPS) is 20.4. The minimum absolute atomic E-state index is 0.212. The smallest absolute Gasteiger partial charge is 0.0528 e. The van der Waals surface area contributed by atoms with Crippen LogP contribution in [0.4, 0.5) is 0 Å². The molecular formula is C36H28. The van der Waals surface area contributed by atoms with E-state index >= 15 is 0 Å². The van der Waals surface area contributed by atoms with Crippen molar-refractivity contribution in [1.29, 1.82) is 0 Å². The van der Waals surface area contributed by atoms with Gasteiger partial charge in [-0.2, -0.15) is 0 Å². The average molecular weight is 461 g/mol. The van der Waals surface area contributed by atoms with Crippen molar-refractivity contribution in [3.8, 4) is 11.1 Å². The molecule has 2 aliphatic carbocycles. The molecule has 2 atom stereocenters. The Balaban J connectivity index is 1.47. The fourth-order valence-corrected chi connectivity index (χ4v) is 6.88. The molecule has 0 N–H and O–H groups in total. The molecule has 2 unspecified atom stereocenters. The van der Waals surface area contributed by atoms with E-state index in [0.29, 0.717) is 5.92 Å². The lowest BCUT2D eigenvalue weighted by Crippen LogP contribution is -2.34. The summed E-state index contributed by atoms with van der Waals surface area (Å²) in [4.78, 5) is 0. The zero-order chi connectivity index (χ0) is 24.1. The zero-order valence-corrected chi connectivity index (χ0v) is 20.5. The molecule has 0 fully saturated rings. The summed E-state index contributed by atoms with van der Waals surface area (Å²) in [6, 6.07) is 45.0. The van der Waals surface area contributed by atoms with Crippen LogP contribution in [0.25, 0.3) is 27.5 Å². The van der Waals surface area contributed by atoms with E-state index in [-0.39, 0.29) is 5.41 Å². The van der Waals surface area contributed by atoms with Crippen LogP contribution in [0.5, 0.6) is 0 Å². The van der Waals surface area contributed by atoms with Crippen LogP contribution in [0.2, 0.25) is 0 Å². The van der Waals surface area contributed by atoms with Crippen LogP contribution in [0, 0.1) is 5.92 Å². The van der Waals surface area contributed by atoms with Crippen molar-refractivity contribution in [1.82, 2.24) is 0 Å². The molecule has 7 rings (SSSR count). The van der Waals surface area contributed by atoms with Crippen LogP contribution in [0.3, 0.4) is 0 Å². The molecule has 0 heteroatoms. The minimum Gasteiger partial charge on any atom is -0.0836 e. The zero-order valence-electron chi connectivity index (χ0n) is 20.5. The van der Waals surface area contributed by atoms with Gasteiger partial charge in [0.25, 0.3) is 0 Å². The Morgan fingerprint density at radius 1 is 0.611 bits per heavy atom. The van der Waals surface area contributed by atoms with Crippen LogP contribution in [-0.4, -0.2) is 0 Å². The Bertz CT molecular complexity index is 1640. The first kappa shape index (κ1) is 21.1. The molecule has 0 saturated heterocycles. The summed E-state index contributed by atoms with van der Waals surface area (Å²) >= 11 is 0. The topological polar surface area (TPSA) is 0 Å². The van der Waals surface area contributed by atoms with Crippen molar-refractivity contribution in [2.75, 3.05) is 0 Å². The molecule has 0 saturated carbocycles. The maximum Gasteiger partial charge on any atom is 0.0528 e. The molecule has 2 aliphatic rings. The monoisotopic (exact) mass is 460 g/mol. The van der Waals surface area contributed by atoms with Gasteiger partial charge in [0.2, 0.25) is 0 Å². The van der Waals surface area contributed by atoms with Crippen molar-refractivity contribution in [3.05, 3.63) is 161 Å². The molecule has 0 aliphatic heterocycles. The highest BCUT2D eigenvalue weighted by Gasteiger charge is 2.52. The number of hydrogen-bond donors (Lipinski definition) is 0. The molecule has 5 aromatic rings. The van der Waals surface area contributed by atoms with Crippen LogP contribution in [0.1, 0.15) is 35.6 Å². The third kappa shape index (κ3) is 2.94. The number of hydrogen-bond acceptors (Lipinski definition) is 0. The van der Waals surface area contributed by atoms with Crippen LogP contribution < -0.4 is 0 Å². The van der Waals surface area contributed by atoms with Gasteiger partial charge < -0.3 is 0 Å². The molecule has 172 valence electrons. The highest BCUT2D eigenvalue weighted by Crippen LogP contribution is 2.60. The van der Waals surface area contributed by atoms with Crippen molar-refractivity contribution >= 4 is 16.3 Å². The summed E-state index contributed by atoms with van der Waals surface area (Å²) in [5.41, 5.74) is 10.8. The summed E-state index contributed by atoms with van der Waals surface area (Å²) < 4.78 is 0. The second-order valence-electron chi connectivity index (χ2n) is 10.1. The van der Waals surface area contributed by atoms with E-state index in [2.05, 4.69) is 140 Å². The van der Waals surface area contributed by atoms with Crippen molar-refractivity contribution in [2.24, 2.45) is 5.92 Å². The van der Waals surface area contributed by atoms with E-state index < -0.39 is 0 Å². The van der Waals surface area contributed by atoms with Gasteiger partial charge in [0.15, 0.2) is 0 Å². The van der Waals surface area contributed by atoms with Gasteiger partial charge in [-0.25, -0.2) is 0 Å². The minimum atomic E-state index is -0.212. The lowest BCUT2D eigenvalue weighted by Gasteiger charge is -2.39. The van der Waals surface area contributed by atoms with E-state index in [1.165, 1.54) is 55.3 Å². The molecule has 36 heavy (non-hydrogen) atoms. The number of benzene rings is 5. The maximum atomic E-state index is 2.39. The number of rotatable bonds is 3. The van der Waals surface area contributed by atoms with E-state index in [1.807, 2.05) is 0 Å². The lowest BCUT2D eigenvalue weighted by molar-refractivity contribution is 0.482. The Morgan fingerprint density at radius 3 is 2.14 bits per heavy atom. The Kier molecular flexibility index (Phi) is 4.82. The molecule has 0 heterocycles. The van der Waals surface area contributed by atoms with Gasteiger partial charge in [-0.1, -0.05) is 133 Å². The highest BCUT2D eigenvalue weighted by molar-refractivity contribution is 5.96. The summed E-state index contributed by atoms with van der Waals surface area (Å²) in [6.07, 6.45) is 5.73. The van der Waals surface area contributed by atoms with Gasteiger partial charge in [0, 0.05) is 5.92 Å². The first-order valence-corrected chi connectivity index (χ1v) is 12.9. The molecule has 0 aromatic heterocycles. The second-order valence-corrected chi connectivity index (χ2v) is 10.1. The largest absolute Gasteiger partial charge is 0.0836 e. The van der Waals surface area contributed by atoms with Gasteiger partial charge >= 0.3 is 0 Å². The third-order valence-electron chi connectivity index (χ3n) is 8.35. The standard InChI is InChI=1S/C36H28/c1-25-11-9-20-34-35(25)32-17-7-8-19-33(32)36(34,28-14-3-2-4-15-28)29-23-21-27(22-24-29)31-18-10-13-26-12-5-6-16-30(26)31/h2-19,21-24,34H,20H2,1H3. The van der Waals surface area contributed by atoms with Gasteiger partial charge in [0.05, 0.1) is 5.41 Å². The first-order valence-electron chi connectivity index (χ1n) is 12.9. The first-order chi connectivity index (χ1) is 17.8. The van der Waals surface area contributed by atoms with E-state index in [4.69, 9.17) is 0 Å². The van der Waals surface area contributed by atoms with Crippen molar-refractivity contribution in [3.63, 3.8) is 0 Å². The van der Waals surface area contributed by atoms with Gasteiger partial charge in [-0.05, 0) is 68.6 Å². The Morgan fingerprint density at radius 2 is 1.28 bits per heavy atom. The van der Waals surface area contributed by atoms with Crippen molar-refractivity contribution < 1.29 is 0 Å². The summed E-state index contributed by atoms with van der Waals surface area (Å²) in [6.45, 7) is 2.28. The second kappa shape index (κ2) is 8.21. The fraction of sp³-hybridized carbons (Fsp3) is 0.111. The van der Waals surface area contributed by atoms with E-state index in [0.717, 1.165) is 6.42 Å². The fourth-order valence-electron chi connectivity index (χ4n) is 6.88. The molecule has 5 aromatic carbocycles. The van der Waals surface area contributed by atoms with Crippen molar-refractivity contribution in [2.45, 2.75) is 18.8 Å². The van der Waals surface area contributed by atoms with Gasteiger partial charge in [0.1, 0.15) is 0 Å². The van der Waals surface area contributed by atoms with Gasteiger partial charge in [-0.15, -0.1) is 0 Å². The highest BCUT2D eigenvalue weighted by atomic mass is 14.5. The van der Waals surface area contributed by atoms with Gasteiger partial charge in [-0.3, -0.25) is 0 Å². The summed E-state index contributed by atoms with van der Waals surface area (Å²) in [5.74, 6) is 0.380. The average Bonchev–Trinajstić information content (AvgIpc) is 3.26. The lowest BCUT2D eigenvalue weighted by atomic mass is 9.62. The molecule has 0 nitrogen and oxygen atoms in total. The number of fused-ring (bicyclic) bond motifs is 4. The SMILES string of the molecule is CC1=C2c3ccccc3C(c3ccccc3)(c3ccc(-c4cccc5ccccc45)cc3)C2CC=C1. The summed E-state index contributed by atoms with van der Waals surface area (Å²) in [5, 5.41) is 2.58.